The van der Waals surface area contributed by atoms with Crippen molar-refractivity contribution in [1.82, 2.24) is 19.8 Å². The molecule has 0 aliphatic carbocycles. The molecular weight excluding hydrogens is 356 g/mol. The summed E-state index contributed by atoms with van der Waals surface area (Å²) < 4.78 is 15.6. The Balaban J connectivity index is 1.57. The maximum atomic E-state index is 5.95. The molecule has 2 heterocycles. The highest BCUT2D eigenvalue weighted by atomic mass is 35.5. The fourth-order valence-corrected chi connectivity index (χ4v) is 3.28. The maximum Gasteiger partial charge on any atom is 0.277 e. The second kappa shape index (κ2) is 7.29. The molecule has 23 heavy (non-hydrogen) atoms. The molecule has 0 saturated carbocycles. The van der Waals surface area contributed by atoms with Gasteiger partial charge in [0.1, 0.15) is 15.8 Å². The predicted octanol–water partition coefficient (Wildman–Crippen LogP) is 4.06. The van der Waals surface area contributed by atoms with Gasteiger partial charge in [-0.3, -0.25) is 0 Å². The Hall–Kier alpha value is -1.64. The van der Waals surface area contributed by atoms with Crippen LogP contribution in [0.1, 0.15) is 22.7 Å². The van der Waals surface area contributed by atoms with Crippen molar-refractivity contribution >= 4 is 34.9 Å². The Bertz CT molecular complexity index is 806. The summed E-state index contributed by atoms with van der Waals surface area (Å²) in [4.78, 5) is 0. The van der Waals surface area contributed by atoms with Gasteiger partial charge in [-0.2, -0.15) is 0 Å². The van der Waals surface area contributed by atoms with Crippen molar-refractivity contribution in [3.05, 3.63) is 45.2 Å². The Morgan fingerprint density at radius 3 is 2.91 bits per heavy atom. The zero-order valence-corrected chi connectivity index (χ0v) is 14.8. The molecule has 0 amide bonds. The van der Waals surface area contributed by atoms with Gasteiger partial charge in [0.15, 0.2) is 6.61 Å². The van der Waals surface area contributed by atoms with E-state index in [2.05, 4.69) is 19.8 Å². The molecule has 0 unspecified atom stereocenters. The lowest BCUT2D eigenvalue weighted by Crippen LogP contribution is -1.97. The third kappa shape index (κ3) is 4.21. The van der Waals surface area contributed by atoms with Crippen LogP contribution in [0.4, 0.5) is 0 Å². The fourth-order valence-electron chi connectivity index (χ4n) is 1.77. The Morgan fingerprint density at radius 2 is 2.13 bits per heavy atom. The normalized spacial score (nSPS) is 10.9. The van der Waals surface area contributed by atoms with Gasteiger partial charge < -0.3 is 9.15 Å². The van der Waals surface area contributed by atoms with E-state index in [4.69, 9.17) is 20.8 Å². The molecule has 2 aromatic heterocycles. The first-order valence-corrected chi connectivity index (χ1v) is 8.87. The SMILES string of the molecule is Cc1ccc(C)c(OCc2nnc(SCc3nnsc3Cl)o2)c1. The van der Waals surface area contributed by atoms with Gasteiger partial charge in [0.2, 0.25) is 0 Å². The van der Waals surface area contributed by atoms with Crippen LogP contribution in [0.5, 0.6) is 5.75 Å². The average molecular weight is 369 g/mol. The number of rotatable bonds is 6. The van der Waals surface area contributed by atoms with E-state index in [0.29, 0.717) is 26.9 Å². The molecule has 6 nitrogen and oxygen atoms in total. The van der Waals surface area contributed by atoms with Gasteiger partial charge in [0.25, 0.3) is 11.1 Å². The summed E-state index contributed by atoms with van der Waals surface area (Å²) in [5.41, 5.74) is 2.92. The second-order valence-corrected chi connectivity index (χ2v) is 7.08. The molecule has 0 N–H and O–H groups in total. The molecule has 0 aliphatic rings. The summed E-state index contributed by atoms with van der Waals surface area (Å²) >= 11 is 8.47. The number of benzene rings is 1. The molecule has 120 valence electrons. The van der Waals surface area contributed by atoms with Crippen molar-refractivity contribution in [2.24, 2.45) is 0 Å². The van der Waals surface area contributed by atoms with Crippen LogP contribution < -0.4 is 4.74 Å². The van der Waals surface area contributed by atoms with Crippen molar-refractivity contribution in [1.29, 1.82) is 0 Å². The number of aryl methyl sites for hydroxylation is 2. The minimum Gasteiger partial charge on any atom is -0.484 e. The van der Waals surface area contributed by atoms with Gasteiger partial charge >= 0.3 is 0 Å². The molecule has 9 heteroatoms. The molecule has 0 aliphatic heterocycles. The number of halogens is 1. The number of thioether (sulfide) groups is 1. The summed E-state index contributed by atoms with van der Waals surface area (Å²) in [6.45, 7) is 4.25. The number of nitrogens with zero attached hydrogens (tertiary/aromatic N) is 4. The zero-order chi connectivity index (χ0) is 16.2. The van der Waals surface area contributed by atoms with Crippen molar-refractivity contribution < 1.29 is 9.15 Å². The highest BCUT2D eigenvalue weighted by Crippen LogP contribution is 2.26. The highest BCUT2D eigenvalue weighted by Gasteiger charge is 2.11. The fraction of sp³-hybridized carbons (Fsp3) is 0.286. The Labute approximate surface area is 146 Å². The van der Waals surface area contributed by atoms with E-state index in [0.717, 1.165) is 28.4 Å². The molecule has 3 aromatic rings. The largest absolute Gasteiger partial charge is 0.484 e. The quantitative estimate of drug-likeness (QED) is 0.607. The molecule has 0 radical (unpaired) electrons. The maximum absolute atomic E-state index is 5.95. The van der Waals surface area contributed by atoms with Gasteiger partial charge in [-0.15, -0.1) is 15.3 Å². The molecule has 0 saturated heterocycles. The monoisotopic (exact) mass is 368 g/mol. The van der Waals surface area contributed by atoms with E-state index in [1.807, 2.05) is 32.0 Å². The second-order valence-electron chi connectivity index (χ2n) is 4.80. The third-order valence-corrected chi connectivity index (χ3v) is 4.80. The lowest BCUT2D eigenvalue weighted by Gasteiger charge is -2.07. The lowest BCUT2D eigenvalue weighted by atomic mass is 10.1. The van der Waals surface area contributed by atoms with Crippen molar-refractivity contribution in [2.75, 3.05) is 0 Å². The first-order valence-electron chi connectivity index (χ1n) is 6.74. The van der Waals surface area contributed by atoms with Gasteiger partial charge in [0.05, 0.1) is 0 Å². The Morgan fingerprint density at radius 1 is 1.26 bits per heavy atom. The highest BCUT2D eigenvalue weighted by molar-refractivity contribution is 7.98. The molecule has 0 bridgehead atoms. The standard InChI is InChI=1S/C14H13ClN4O2S2/c1-8-3-4-9(2)11(5-8)20-6-12-17-18-14(21-12)22-7-10-13(15)23-19-16-10/h3-5H,6-7H2,1-2H3. The van der Waals surface area contributed by atoms with Crippen LogP contribution in [-0.2, 0) is 12.4 Å². The summed E-state index contributed by atoms with van der Waals surface area (Å²) in [6, 6.07) is 6.05. The van der Waals surface area contributed by atoms with Crippen LogP contribution in [0.2, 0.25) is 4.34 Å². The van der Waals surface area contributed by atoms with Gasteiger partial charge in [-0.25, -0.2) is 0 Å². The molecular formula is C14H13ClN4O2S2. The van der Waals surface area contributed by atoms with Crippen LogP contribution >= 0.6 is 34.9 Å². The predicted molar refractivity (Wildman–Crippen MR) is 89.0 cm³/mol. The number of ether oxygens (including phenoxy) is 1. The van der Waals surface area contributed by atoms with Gasteiger partial charge in [-0.05, 0) is 31.0 Å². The topological polar surface area (TPSA) is 73.9 Å². The first-order chi connectivity index (χ1) is 11.1. The van der Waals surface area contributed by atoms with E-state index >= 15 is 0 Å². The summed E-state index contributed by atoms with van der Waals surface area (Å²) in [5.74, 6) is 1.78. The number of aromatic nitrogens is 4. The molecule has 1 aromatic carbocycles. The number of hydrogen-bond acceptors (Lipinski definition) is 8. The van der Waals surface area contributed by atoms with Crippen LogP contribution in [0, 0.1) is 13.8 Å². The smallest absolute Gasteiger partial charge is 0.277 e. The van der Waals surface area contributed by atoms with Crippen molar-refractivity contribution in [3.8, 4) is 5.75 Å². The first kappa shape index (κ1) is 16.2. The van der Waals surface area contributed by atoms with E-state index in [1.54, 1.807) is 0 Å². The Kier molecular flexibility index (Phi) is 5.14. The van der Waals surface area contributed by atoms with Gasteiger partial charge in [-0.1, -0.05) is 40.0 Å². The minimum atomic E-state index is 0.233. The molecule has 3 rings (SSSR count). The minimum absolute atomic E-state index is 0.233. The van der Waals surface area contributed by atoms with Crippen LogP contribution in [0.25, 0.3) is 0 Å². The van der Waals surface area contributed by atoms with Crippen molar-refractivity contribution in [3.63, 3.8) is 0 Å². The lowest BCUT2D eigenvalue weighted by molar-refractivity contribution is 0.250. The van der Waals surface area contributed by atoms with Crippen LogP contribution in [0.3, 0.4) is 0 Å². The molecule has 0 spiro atoms. The summed E-state index contributed by atoms with van der Waals surface area (Å²) in [7, 11) is 0. The number of hydrogen-bond donors (Lipinski definition) is 0. The van der Waals surface area contributed by atoms with E-state index in [-0.39, 0.29) is 6.61 Å². The van der Waals surface area contributed by atoms with Crippen molar-refractivity contribution in [2.45, 2.75) is 31.4 Å². The van der Waals surface area contributed by atoms with Gasteiger partial charge in [0, 0.05) is 17.3 Å². The summed E-state index contributed by atoms with van der Waals surface area (Å²) in [6.07, 6.45) is 0. The van der Waals surface area contributed by atoms with E-state index in [9.17, 15) is 0 Å². The van der Waals surface area contributed by atoms with Crippen LogP contribution in [0.15, 0.2) is 27.8 Å². The summed E-state index contributed by atoms with van der Waals surface area (Å²) in [5, 5.41) is 12.3. The van der Waals surface area contributed by atoms with Crippen LogP contribution in [-0.4, -0.2) is 19.8 Å². The average Bonchev–Trinajstić information content (AvgIpc) is 3.15. The van der Waals surface area contributed by atoms with E-state index < -0.39 is 0 Å². The third-order valence-electron chi connectivity index (χ3n) is 2.98. The molecule has 0 fully saturated rings. The zero-order valence-electron chi connectivity index (χ0n) is 12.4. The molecule has 0 atom stereocenters. The van der Waals surface area contributed by atoms with E-state index in [1.165, 1.54) is 11.8 Å².